The maximum atomic E-state index is 11.7. The van der Waals surface area contributed by atoms with Gasteiger partial charge < -0.3 is 9.79 Å². The first-order chi connectivity index (χ1) is 13.9. The van der Waals surface area contributed by atoms with Crippen LogP contribution < -0.4 is 0 Å². The summed E-state index contributed by atoms with van der Waals surface area (Å²) in [5.74, 6) is 0. The molecule has 29 heavy (non-hydrogen) atoms. The van der Waals surface area contributed by atoms with E-state index in [9.17, 15) is 14.4 Å². The summed E-state index contributed by atoms with van der Waals surface area (Å²) in [6.45, 7) is 6.56. The first kappa shape index (κ1) is 29.1. The number of phosphoric acid groups is 1. The topological polar surface area (TPSA) is 66.8 Å². The Hall–Kier alpha value is 0.110. The normalized spacial score (nSPS) is 12.6. The second-order valence-corrected chi connectivity index (χ2v) is 10.1. The molecule has 0 saturated carbocycles. The minimum Gasteiger partial charge on any atom is -0.303 e. The highest BCUT2D eigenvalue weighted by Gasteiger charge is 2.36. The van der Waals surface area contributed by atoms with Crippen LogP contribution in [0.5, 0.6) is 0 Å². The highest BCUT2D eigenvalue weighted by molar-refractivity contribution is 7.46. The Balaban J connectivity index is 4.36. The van der Waals surface area contributed by atoms with Crippen molar-refractivity contribution in [1.82, 2.24) is 0 Å². The van der Waals surface area contributed by atoms with Crippen LogP contribution in [0.4, 0.5) is 0 Å². The second-order valence-electron chi connectivity index (χ2n) is 8.96. The van der Waals surface area contributed by atoms with Gasteiger partial charge in [0.1, 0.15) is 0 Å². The van der Waals surface area contributed by atoms with Crippen LogP contribution in [0.2, 0.25) is 0 Å². The average Bonchev–Trinajstić information content (AvgIpc) is 2.65. The van der Waals surface area contributed by atoms with Gasteiger partial charge in [0.2, 0.25) is 0 Å². The molecule has 5 heteroatoms. The van der Waals surface area contributed by atoms with Gasteiger partial charge in [0.15, 0.2) is 0 Å². The molecule has 0 spiro atoms. The molecule has 0 unspecified atom stereocenters. The van der Waals surface area contributed by atoms with Crippen LogP contribution >= 0.6 is 7.82 Å². The Morgan fingerprint density at radius 3 is 1.21 bits per heavy atom. The van der Waals surface area contributed by atoms with Gasteiger partial charge in [-0.25, -0.2) is 4.57 Å². The van der Waals surface area contributed by atoms with Crippen molar-refractivity contribution in [2.24, 2.45) is 0 Å². The highest BCUT2D eigenvalue weighted by Crippen LogP contribution is 2.47. The fourth-order valence-corrected chi connectivity index (χ4v) is 5.16. The second kappa shape index (κ2) is 18.8. The van der Waals surface area contributed by atoms with Crippen molar-refractivity contribution in [2.45, 2.75) is 155 Å². The fourth-order valence-electron chi connectivity index (χ4n) is 4.38. The van der Waals surface area contributed by atoms with Crippen molar-refractivity contribution >= 4 is 7.82 Å². The maximum absolute atomic E-state index is 11.7. The number of phosphoric ester groups is 1. The molecule has 0 heterocycles. The Morgan fingerprint density at radius 2 is 0.897 bits per heavy atom. The predicted octanol–water partition coefficient (Wildman–Crippen LogP) is 8.70. The van der Waals surface area contributed by atoms with Gasteiger partial charge in [-0.05, 0) is 19.3 Å². The minimum atomic E-state index is -4.46. The lowest BCUT2D eigenvalue weighted by Crippen LogP contribution is -2.31. The van der Waals surface area contributed by atoms with E-state index in [0.29, 0.717) is 0 Å². The molecule has 4 nitrogen and oxygen atoms in total. The van der Waals surface area contributed by atoms with Crippen molar-refractivity contribution < 1.29 is 18.9 Å². The smallest absolute Gasteiger partial charge is 0.303 e. The van der Waals surface area contributed by atoms with E-state index in [1.165, 1.54) is 77.0 Å². The lowest BCUT2D eigenvalue weighted by Gasteiger charge is -2.34. The highest BCUT2D eigenvalue weighted by atomic mass is 31.2. The molecule has 0 aliphatic rings. The van der Waals surface area contributed by atoms with Gasteiger partial charge in [0.05, 0.1) is 5.60 Å². The van der Waals surface area contributed by atoms with Crippen molar-refractivity contribution in [3.63, 3.8) is 0 Å². The number of rotatable bonds is 22. The van der Waals surface area contributed by atoms with Gasteiger partial charge in [-0.1, -0.05) is 130 Å². The summed E-state index contributed by atoms with van der Waals surface area (Å²) in [7, 11) is -4.46. The zero-order valence-corrected chi connectivity index (χ0v) is 20.7. The molecule has 0 aromatic heterocycles. The Kier molecular flexibility index (Phi) is 18.9. The molecule has 0 aliphatic carbocycles. The van der Waals surface area contributed by atoms with E-state index in [-0.39, 0.29) is 0 Å². The van der Waals surface area contributed by atoms with E-state index < -0.39 is 13.4 Å². The van der Waals surface area contributed by atoms with Crippen molar-refractivity contribution in [1.29, 1.82) is 0 Å². The summed E-state index contributed by atoms with van der Waals surface area (Å²) in [6.07, 6.45) is 23.0. The summed E-state index contributed by atoms with van der Waals surface area (Å²) in [5.41, 5.74) is -0.641. The molecule has 0 fully saturated rings. The number of hydrogen-bond acceptors (Lipinski definition) is 2. The summed E-state index contributed by atoms with van der Waals surface area (Å²) in [6, 6.07) is 0. The van der Waals surface area contributed by atoms with Crippen LogP contribution in [0.1, 0.15) is 149 Å². The number of unbranched alkanes of at least 4 members (excludes halogenated alkanes) is 14. The molecule has 0 radical (unpaired) electrons. The van der Waals surface area contributed by atoms with E-state index in [1.54, 1.807) is 0 Å². The van der Waals surface area contributed by atoms with E-state index in [0.717, 1.165) is 51.4 Å². The third-order valence-electron chi connectivity index (χ3n) is 5.99. The number of hydrogen-bond donors (Lipinski definition) is 2. The Labute approximate surface area is 181 Å². The molecule has 0 atom stereocenters. The van der Waals surface area contributed by atoms with Crippen LogP contribution in [0, 0.1) is 0 Å². The van der Waals surface area contributed by atoms with Crippen LogP contribution in [0.25, 0.3) is 0 Å². The molecule has 2 N–H and O–H groups in total. The summed E-state index contributed by atoms with van der Waals surface area (Å²) < 4.78 is 17.1. The lowest BCUT2D eigenvalue weighted by molar-refractivity contribution is 0.00682. The van der Waals surface area contributed by atoms with E-state index in [4.69, 9.17) is 4.52 Å². The van der Waals surface area contributed by atoms with Crippen molar-refractivity contribution in [2.75, 3.05) is 0 Å². The summed E-state index contributed by atoms with van der Waals surface area (Å²) in [5, 5.41) is 0. The van der Waals surface area contributed by atoms with Gasteiger partial charge in [0.25, 0.3) is 0 Å². The maximum Gasteiger partial charge on any atom is 0.470 e. The SMILES string of the molecule is CCCCCCCCCCC(CCC)(CCCCCCCCCC)OP(=O)(O)O. The Bertz CT molecular complexity index is 374. The van der Waals surface area contributed by atoms with E-state index in [1.807, 2.05) is 0 Å². The van der Waals surface area contributed by atoms with Crippen molar-refractivity contribution in [3.8, 4) is 0 Å². The molecular weight excluding hydrogens is 383 g/mol. The molecule has 0 amide bonds. The van der Waals surface area contributed by atoms with Crippen LogP contribution in [-0.4, -0.2) is 15.4 Å². The summed E-state index contributed by atoms with van der Waals surface area (Å²) in [4.78, 5) is 19.0. The molecule has 0 saturated heterocycles. The van der Waals surface area contributed by atoms with Gasteiger partial charge >= 0.3 is 7.82 Å². The minimum absolute atomic E-state index is 0.641. The molecule has 0 bridgehead atoms. The predicted molar refractivity (Wildman–Crippen MR) is 125 cm³/mol. The first-order valence-electron chi connectivity index (χ1n) is 12.7. The quantitative estimate of drug-likeness (QED) is 0.132. The monoisotopic (exact) mass is 434 g/mol. The van der Waals surface area contributed by atoms with Gasteiger partial charge in [0, 0.05) is 0 Å². The zero-order valence-electron chi connectivity index (χ0n) is 19.8. The van der Waals surface area contributed by atoms with Gasteiger partial charge in [-0.3, -0.25) is 4.52 Å². The molecule has 176 valence electrons. The average molecular weight is 435 g/mol. The third-order valence-corrected chi connectivity index (χ3v) is 6.62. The molecule has 0 rings (SSSR count). The lowest BCUT2D eigenvalue weighted by atomic mass is 9.86. The van der Waals surface area contributed by atoms with E-state index >= 15 is 0 Å². The summed E-state index contributed by atoms with van der Waals surface area (Å²) >= 11 is 0. The molecular formula is C24H51O4P. The van der Waals surface area contributed by atoms with Crippen LogP contribution in [-0.2, 0) is 9.09 Å². The Morgan fingerprint density at radius 1 is 0.552 bits per heavy atom. The first-order valence-corrected chi connectivity index (χ1v) is 14.2. The standard InChI is InChI=1S/C24H51O4P/c1-4-7-9-11-13-15-17-19-22-24(21-6-3,28-29(25,26)27)23-20-18-16-14-12-10-8-5-2/h4-23H2,1-3H3,(H2,25,26,27). The van der Waals surface area contributed by atoms with E-state index in [2.05, 4.69) is 20.8 Å². The van der Waals surface area contributed by atoms with Crippen molar-refractivity contribution in [3.05, 3.63) is 0 Å². The third kappa shape index (κ3) is 18.6. The zero-order chi connectivity index (χ0) is 21.8. The molecule has 0 aromatic rings. The van der Waals surface area contributed by atoms with Crippen LogP contribution in [0.15, 0.2) is 0 Å². The molecule has 0 aromatic carbocycles. The van der Waals surface area contributed by atoms with Crippen LogP contribution in [0.3, 0.4) is 0 Å². The molecule has 0 aliphatic heterocycles. The fraction of sp³-hybridized carbons (Fsp3) is 1.00. The largest absolute Gasteiger partial charge is 0.470 e. The van der Waals surface area contributed by atoms with Gasteiger partial charge in [-0.2, -0.15) is 0 Å². The van der Waals surface area contributed by atoms with Gasteiger partial charge in [-0.15, -0.1) is 0 Å².